The van der Waals surface area contributed by atoms with Crippen molar-refractivity contribution >= 4 is 29.0 Å². The second-order valence-electron chi connectivity index (χ2n) is 4.90. The van der Waals surface area contributed by atoms with Crippen molar-refractivity contribution in [3.8, 4) is 11.3 Å². The van der Waals surface area contributed by atoms with E-state index in [0.717, 1.165) is 24.0 Å². The molecular weight excluding hydrogens is 341 g/mol. The number of aromatic nitrogens is 1. The lowest BCUT2D eigenvalue weighted by Crippen LogP contribution is -2.17. The van der Waals surface area contributed by atoms with Crippen molar-refractivity contribution < 1.29 is 22.8 Å². The number of hydrogen-bond donors (Lipinski definition) is 1. The molecule has 0 saturated carbocycles. The fourth-order valence-electron chi connectivity index (χ4n) is 2.05. The molecule has 1 aliphatic rings. The SMILES string of the molecule is O=C1NC(=O)C(=Cc2ccc(-c3ccc(C(F)(F)F)cn3)cc2)S1. The fraction of sp³-hybridized carbons (Fsp3) is 0.0625. The topological polar surface area (TPSA) is 59.1 Å². The number of hydrogen-bond acceptors (Lipinski definition) is 4. The molecule has 2 heterocycles. The predicted octanol–water partition coefficient (Wildman–Crippen LogP) is 4.09. The Labute approximate surface area is 138 Å². The average Bonchev–Trinajstić information content (AvgIpc) is 2.85. The summed E-state index contributed by atoms with van der Waals surface area (Å²) >= 11 is 0.816. The van der Waals surface area contributed by atoms with Crippen LogP contribution in [-0.4, -0.2) is 16.1 Å². The summed E-state index contributed by atoms with van der Waals surface area (Å²) in [5.41, 5.74) is 0.940. The smallest absolute Gasteiger partial charge is 0.282 e. The average molecular weight is 350 g/mol. The maximum atomic E-state index is 12.5. The van der Waals surface area contributed by atoms with Gasteiger partial charge in [-0.1, -0.05) is 24.3 Å². The van der Waals surface area contributed by atoms with Gasteiger partial charge in [0.05, 0.1) is 16.2 Å². The van der Waals surface area contributed by atoms with Gasteiger partial charge in [0.2, 0.25) is 0 Å². The molecule has 3 rings (SSSR count). The summed E-state index contributed by atoms with van der Waals surface area (Å²) in [5.74, 6) is -0.446. The molecule has 2 aromatic rings. The highest BCUT2D eigenvalue weighted by Crippen LogP contribution is 2.30. The summed E-state index contributed by atoms with van der Waals surface area (Å²) in [5, 5.41) is 1.74. The number of carbonyl (C=O) groups excluding carboxylic acids is 2. The molecule has 0 spiro atoms. The van der Waals surface area contributed by atoms with Crippen LogP contribution in [0.15, 0.2) is 47.5 Å². The Hall–Kier alpha value is -2.61. The van der Waals surface area contributed by atoms with E-state index >= 15 is 0 Å². The predicted molar refractivity (Wildman–Crippen MR) is 83.8 cm³/mol. The summed E-state index contributed by atoms with van der Waals surface area (Å²) in [6.45, 7) is 0. The molecule has 1 aromatic carbocycles. The van der Waals surface area contributed by atoms with E-state index in [1.807, 2.05) is 0 Å². The van der Waals surface area contributed by atoms with Gasteiger partial charge in [-0.15, -0.1) is 0 Å². The summed E-state index contributed by atoms with van der Waals surface area (Å²) in [4.78, 5) is 26.7. The fourth-order valence-corrected chi connectivity index (χ4v) is 2.74. The lowest BCUT2D eigenvalue weighted by molar-refractivity contribution is -0.137. The van der Waals surface area contributed by atoms with Crippen LogP contribution in [0.25, 0.3) is 17.3 Å². The van der Waals surface area contributed by atoms with Gasteiger partial charge >= 0.3 is 6.18 Å². The maximum absolute atomic E-state index is 12.5. The van der Waals surface area contributed by atoms with Gasteiger partial charge in [0.25, 0.3) is 11.1 Å². The highest BCUT2D eigenvalue weighted by Gasteiger charge is 2.30. The monoisotopic (exact) mass is 350 g/mol. The molecule has 24 heavy (non-hydrogen) atoms. The highest BCUT2D eigenvalue weighted by atomic mass is 32.2. The number of imide groups is 1. The molecule has 0 aliphatic carbocycles. The van der Waals surface area contributed by atoms with E-state index < -0.39 is 22.9 Å². The first-order chi connectivity index (χ1) is 11.3. The minimum atomic E-state index is -4.42. The van der Waals surface area contributed by atoms with E-state index in [4.69, 9.17) is 0 Å². The first-order valence-corrected chi connectivity index (χ1v) is 7.53. The largest absolute Gasteiger partial charge is 0.417 e. The van der Waals surface area contributed by atoms with E-state index in [9.17, 15) is 22.8 Å². The second-order valence-corrected chi connectivity index (χ2v) is 5.92. The van der Waals surface area contributed by atoms with Gasteiger partial charge in [-0.2, -0.15) is 13.2 Å². The zero-order valence-corrected chi connectivity index (χ0v) is 12.7. The van der Waals surface area contributed by atoms with Gasteiger partial charge in [-0.05, 0) is 35.5 Å². The summed E-state index contributed by atoms with van der Waals surface area (Å²) in [7, 11) is 0. The van der Waals surface area contributed by atoms with Crippen LogP contribution in [-0.2, 0) is 11.0 Å². The number of alkyl halides is 3. The van der Waals surface area contributed by atoms with Gasteiger partial charge in [0.1, 0.15) is 0 Å². The van der Waals surface area contributed by atoms with Crippen LogP contribution in [0.5, 0.6) is 0 Å². The van der Waals surface area contributed by atoms with Crippen molar-refractivity contribution in [1.82, 2.24) is 10.3 Å². The lowest BCUT2D eigenvalue weighted by Gasteiger charge is -2.07. The van der Waals surface area contributed by atoms with Crippen molar-refractivity contribution in [3.05, 3.63) is 58.6 Å². The summed E-state index contributed by atoms with van der Waals surface area (Å²) in [6, 6.07) is 9.03. The van der Waals surface area contributed by atoms with Gasteiger partial charge in [-0.3, -0.25) is 19.9 Å². The Balaban J connectivity index is 1.81. The van der Waals surface area contributed by atoms with Crippen LogP contribution in [0.2, 0.25) is 0 Å². The van der Waals surface area contributed by atoms with Crippen LogP contribution in [0, 0.1) is 0 Å². The van der Waals surface area contributed by atoms with E-state index in [2.05, 4.69) is 10.3 Å². The number of benzene rings is 1. The van der Waals surface area contributed by atoms with Crippen molar-refractivity contribution in [2.45, 2.75) is 6.18 Å². The number of rotatable bonds is 2. The number of nitrogens with one attached hydrogen (secondary N) is 1. The number of nitrogens with zero attached hydrogens (tertiary/aromatic N) is 1. The van der Waals surface area contributed by atoms with Crippen LogP contribution in [0.3, 0.4) is 0 Å². The molecule has 0 atom stereocenters. The third kappa shape index (κ3) is 3.48. The molecule has 0 unspecified atom stereocenters. The van der Waals surface area contributed by atoms with Gasteiger partial charge in [0.15, 0.2) is 0 Å². The molecule has 2 amide bonds. The van der Waals surface area contributed by atoms with Crippen molar-refractivity contribution in [2.75, 3.05) is 0 Å². The molecule has 0 bridgehead atoms. The first-order valence-electron chi connectivity index (χ1n) is 6.71. The molecule has 4 nitrogen and oxygen atoms in total. The van der Waals surface area contributed by atoms with Crippen molar-refractivity contribution in [1.29, 1.82) is 0 Å². The normalized spacial score (nSPS) is 16.5. The molecule has 0 radical (unpaired) electrons. The number of thioether (sulfide) groups is 1. The number of pyridine rings is 1. The maximum Gasteiger partial charge on any atom is 0.417 e. The van der Waals surface area contributed by atoms with Crippen LogP contribution in [0.1, 0.15) is 11.1 Å². The quantitative estimate of drug-likeness (QED) is 0.829. The lowest BCUT2D eigenvalue weighted by atomic mass is 10.1. The van der Waals surface area contributed by atoms with Crippen molar-refractivity contribution in [3.63, 3.8) is 0 Å². The molecule has 1 aromatic heterocycles. The Bertz CT molecular complexity index is 828. The minimum Gasteiger partial charge on any atom is -0.282 e. The van der Waals surface area contributed by atoms with Crippen molar-refractivity contribution in [2.24, 2.45) is 0 Å². The summed E-state index contributed by atoms with van der Waals surface area (Å²) < 4.78 is 37.6. The number of carbonyl (C=O) groups is 2. The molecule has 1 aliphatic heterocycles. The van der Waals surface area contributed by atoms with Crippen LogP contribution >= 0.6 is 11.8 Å². The van der Waals surface area contributed by atoms with E-state index in [1.165, 1.54) is 6.07 Å². The molecular formula is C16H9F3N2O2S. The number of amides is 2. The second kappa shape index (κ2) is 6.12. The molecule has 1 fully saturated rings. The van der Waals surface area contributed by atoms with E-state index in [1.54, 1.807) is 30.3 Å². The van der Waals surface area contributed by atoms with Gasteiger partial charge in [-0.25, -0.2) is 0 Å². The molecule has 8 heteroatoms. The molecule has 1 N–H and O–H groups in total. The zero-order chi connectivity index (χ0) is 17.3. The minimum absolute atomic E-state index is 0.292. The van der Waals surface area contributed by atoms with Gasteiger partial charge < -0.3 is 0 Å². The van der Waals surface area contributed by atoms with Crippen LogP contribution in [0.4, 0.5) is 18.0 Å². The standard InChI is InChI=1S/C16H9F3N2O2S/c17-16(18,19)11-5-6-12(20-8-11)10-3-1-9(2-4-10)7-13-14(22)21-15(23)24-13/h1-8H,(H,21,22,23). The Morgan fingerprint density at radius 1 is 1.04 bits per heavy atom. The van der Waals surface area contributed by atoms with Crippen LogP contribution < -0.4 is 5.32 Å². The van der Waals surface area contributed by atoms with E-state index in [0.29, 0.717) is 21.7 Å². The first kappa shape index (κ1) is 16.3. The van der Waals surface area contributed by atoms with Gasteiger partial charge in [0, 0.05) is 11.8 Å². The zero-order valence-electron chi connectivity index (χ0n) is 11.9. The summed E-state index contributed by atoms with van der Waals surface area (Å²) in [6.07, 6.45) is -2.07. The Morgan fingerprint density at radius 2 is 1.75 bits per heavy atom. The number of halogens is 3. The third-order valence-corrected chi connectivity index (χ3v) is 4.05. The Morgan fingerprint density at radius 3 is 2.25 bits per heavy atom. The Kier molecular flexibility index (Phi) is 4.15. The highest BCUT2D eigenvalue weighted by molar-refractivity contribution is 8.18. The van der Waals surface area contributed by atoms with E-state index in [-0.39, 0.29) is 0 Å². The molecule has 1 saturated heterocycles. The molecule has 122 valence electrons. The third-order valence-electron chi connectivity index (χ3n) is 3.24.